The Kier molecular flexibility index (Phi) is 5.69. The Morgan fingerprint density at radius 1 is 1.33 bits per heavy atom. The predicted octanol–water partition coefficient (Wildman–Crippen LogP) is 3.35. The molecule has 1 saturated carbocycles. The quantitative estimate of drug-likeness (QED) is 0.924. The molecule has 5 heteroatoms. The second-order valence-electron chi connectivity index (χ2n) is 6.38. The highest BCUT2D eigenvalue weighted by atomic mass is 35.5. The van der Waals surface area contributed by atoms with E-state index in [2.05, 4.69) is 11.4 Å². The van der Waals surface area contributed by atoms with Crippen LogP contribution in [0.1, 0.15) is 49.0 Å². The molecule has 118 valence electrons. The number of hydrogen-bond donors (Lipinski definition) is 1. The molecule has 1 aliphatic carbocycles. The summed E-state index contributed by atoms with van der Waals surface area (Å²) in [7, 11) is 0. The maximum Gasteiger partial charge on any atom is 0.223 e. The lowest BCUT2D eigenvalue weighted by Crippen LogP contribution is -2.42. The van der Waals surface area contributed by atoms with Gasteiger partial charge in [0.15, 0.2) is 0 Å². The van der Waals surface area contributed by atoms with Crippen molar-refractivity contribution in [2.45, 2.75) is 51.5 Å². The highest BCUT2D eigenvalue weighted by molar-refractivity contribution is 7.10. The first-order valence-corrected chi connectivity index (χ1v) is 8.63. The first-order valence-electron chi connectivity index (χ1n) is 7.76. The molecular formula is C16H25ClN2OS. The van der Waals surface area contributed by atoms with Crippen molar-refractivity contribution in [2.24, 2.45) is 11.1 Å². The molecule has 2 heterocycles. The molecule has 0 bridgehead atoms. The Bertz CT molecular complexity index is 482. The molecule has 0 atom stereocenters. The highest BCUT2D eigenvalue weighted by Crippen LogP contribution is 2.39. The fraction of sp³-hybridized carbons (Fsp3) is 0.688. The van der Waals surface area contributed by atoms with Crippen molar-refractivity contribution in [1.29, 1.82) is 0 Å². The van der Waals surface area contributed by atoms with Crippen molar-refractivity contribution in [3.63, 3.8) is 0 Å². The third kappa shape index (κ3) is 3.61. The van der Waals surface area contributed by atoms with Crippen molar-refractivity contribution >= 4 is 29.7 Å². The lowest BCUT2D eigenvalue weighted by molar-refractivity contribution is -0.135. The predicted molar refractivity (Wildman–Crippen MR) is 89.9 cm³/mol. The average molecular weight is 329 g/mol. The molecule has 3 nitrogen and oxygen atoms in total. The van der Waals surface area contributed by atoms with Gasteiger partial charge < -0.3 is 10.6 Å². The van der Waals surface area contributed by atoms with Crippen molar-refractivity contribution < 1.29 is 4.79 Å². The van der Waals surface area contributed by atoms with Gasteiger partial charge in [-0.3, -0.25) is 4.79 Å². The summed E-state index contributed by atoms with van der Waals surface area (Å²) in [6.07, 6.45) is 7.72. The highest BCUT2D eigenvalue weighted by Gasteiger charge is 2.35. The van der Waals surface area contributed by atoms with Crippen LogP contribution in [0.2, 0.25) is 0 Å². The molecular weight excluding hydrogens is 304 g/mol. The number of thiophene rings is 1. The molecule has 0 radical (unpaired) electrons. The summed E-state index contributed by atoms with van der Waals surface area (Å²) in [5.41, 5.74) is 7.44. The third-order valence-electron chi connectivity index (χ3n) is 5.03. The molecule has 2 aliphatic rings. The number of halogens is 1. The molecule has 0 saturated heterocycles. The van der Waals surface area contributed by atoms with Gasteiger partial charge in [0.25, 0.3) is 0 Å². The first-order chi connectivity index (χ1) is 9.72. The summed E-state index contributed by atoms with van der Waals surface area (Å²) in [5.74, 6) is 0.314. The van der Waals surface area contributed by atoms with Crippen LogP contribution in [0.4, 0.5) is 0 Å². The van der Waals surface area contributed by atoms with Gasteiger partial charge in [-0.1, -0.05) is 19.3 Å². The van der Waals surface area contributed by atoms with E-state index in [1.165, 1.54) is 29.7 Å². The minimum atomic E-state index is 0. The van der Waals surface area contributed by atoms with Crippen LogP contribution in [0.5, 0.6) is 0 Å². The Hall–Kier alpha value is -0.580. The topological polar surface area (TPSA) is 46.3 Å². The van der Waals surface area contributed by atoms with Gasteiger partial charge in [0, 0.05) is 24.4 Å². The van der Waals surface area contributed by atoms with Gasteiger partial charge in [-0.15, -0.1) is 23.7 Å². The minimum Gasteiger partial charge on any atom is -0.338 e. The average Bonchev–Trinajstić information content (AvgIpc) is 2.95. The van der Waals surface area contributed by atoms with Gasteiger partial charge in [-0.2, -0.15) is 0 Å². The normalized spacial score (nSPS) is 20.5. The zero-order valence-electron chi connectivity index (χ0n) is 12.5. The Labute approximate surface area is 137 Å². The van der Waals surface area contributed by atoms with E-state index in [1.54, 1.807) is 0 Å². The van der Waals surface area contributed by atoms with Crippen LogP contribution >= 0.6 is 23.7 Å². The van der Waals surface area contributed by atoms with E-state index in [9.17, 15) is 4.79 Å². The van der Waals surface area contributed by atoms with Gasteiger partial charge in [0.05, 0.1) is 0 Å². The summed E-state index contributed by atoms with van der Waals surface area (Å²) < 4.78 is 0. The van der Waals surface area contributed by atoms with E-state index in [1.807, 2.05) is 16.2 Å². The maximum atomic E-state index is 12.6. The second-order valence-corrected chi connectivity index (χ2v) is 7.38. The Morgan fingerprint density at radius 2 is 2.10 bits per heavy atom. The maximum absolute atomic E-state index is 12.6. The van der Waals surface area contributed by atoms with Crippen LogP contribution < -0.4 is 5.73 Å². The largest absolute Gasteiger partial charge is 0.338 e. The summed E-state index contributed by atoms with van der Waals surface area (Å²) >= 11 is 1.82. The molecule has 1 aromatic heterocycles. The number of hydrogen-bond acceptors (Lipinski definition) is 3. The number of carbonyl (C=O) groups excluding carboxylic acids is 1. The summed E-state index contributed by atoms with van der Waals surface area (Å²) in [5, 5.41) is 2.14. The number of nitrogens with two attached hydrogens (primary N) is 1. The molecule has 21 heavy (non-hydrogen) atoms. The van der Waals surface area contributed by atoms with Crippen LogP contribution in [-0.2, 0) is 17.8 Å². The SMILES string of the molecule is Cl.NCC1(CC(=O)N2CCc3sccc3C2)CCCCC1. The van der Waals surface area contributed by atoms with Gasteiger partial charge in [-0.05, 0) is 48.2 Å². The number of fused-ring (bicyclic) bond motifs is 1. The summed E-state index contributed by atoms with van der Waals surface area (Å²) in [6, 6.07) is 2.17. The number of rotatable bonds is 3. The van der Waals surface area contributed by atoms with Crippen molar-refractivity contribution in [2.75, 3.05) is 13.1 Å². The fourth-order valence-corrected chi connectivity index (χ4v) is 4.54. The first kappa shape index (κ1) is 16.8. The molecule has 0 spiro atoms. The Balaban J connectivity index is 0.00000161. The van der Waals surface area contributed by atoms with E-state index in [0.717, 1.165) is 32.4 Å². The molecule has 3 rings (SSSR count). The minimum absolute atomic E-state index is 0. The molecule has 1 aliphatic heterocycles. The van der Waals surface area contributed by atoms with E-state index < -0.39 is 0 Å². The Morgan fingerprint density at radius 3 is 2.81 bits per heavy atom. The fourth-order valence-electron chi connectivity index (χ4n) is 3.65. The van der Waals surface area contributed by atoms with E-state index >= 15 is 0 Å². The molecule has 0 aromatic carbocycles. The lowest BCUT2D eigenvalue weighted by atomic mass is 9.71. The lowest BCUT2D eigenvalue weighted by Gasteiger charge is -2.38. The van der Waals surface area contributed by atoms with Crippen LogP contribution in [0.15, 0.2) is 11.4 Å². The van der Waals surface area contributed by atoms with E-state index in [0.29, 0.717) is 18.9 Å². The van der Waals surface area contributed by atoms with E-state index in [-0.39, 0.29) is 17.8 Å². The molecule has 1 amide bonds. The van der Waals surface area contributed by atoms with Crippen LogP contribution in [0, 0.1) is 5.41 Å². The molecule has 1 aromatic rings. The van der Waals surface area contributed by atoms with Gasteiger partial charge >= 0.3 is 0 Å². The van der Waals surface area contributed by atoms with Gasteiger partial charge in [0.2, 0.25) is 5.91 Å². The van der Waals surface area contributed by atoms with Crippen molar-refractivity contribution in [3.05, 3.63) is 21.9 Å². The van der Waals surface area contributed by atoms with Crippen molar-refractivity contribution in [3.8, 4) is 0 Å². The number of amides is 1. The third-order valence-corrected chi connectivity index (χ3v) is 6.06. The molecule has 0 unspecified atom stereocenters. The smallest absolute Gasteiger partial charge is 0.223 e. The molecule has 2 N–H and O–H groups in total. The number of nitrogens with zero attached hydrogens (tertiary/aromatic N) is 1. The van der Waals surface area contributed by atoms with Crippen molar-refractivity contribution in [1.82, 2.24) is 4.90 Å². The van der Waals surface area contributed by atoms with Gasteiger partial charge in [-0.25, -0.2) is 0 Å². The van der Waals surface area contributed by atoms with Crippen LogP contribution in [-0.4, -0.2) is 23.9 Å². The standard InChI is InChI=1S/C16H24N2OS.ClH/c17-12-16(6-2-1-3-7-16)10-15(19)18-8-4-14-13(11-18)5-9-20-14;/h5,9H,1-4,6-8,10-12,17H2;1H. The van der Waals surface area contributed by atoms with Gasteiger partial charge in [0.1, 0.15) is 0 Å². The monoisotopic (exact) mass is 328 g/mol. The number of carbonyl (C=O) groups is 1. The van der Waals surface area contributed by atoms with Crippen LogP contribution in [0.3, 0.4) is 0 Å². The zero-order chi connectivity index (χ0) is 14.0. The van der Waals surface area contributed by atoms with E-state index in [4.69, 9.17) is 5.73 Å². The molecule has 1 fully saturated rings. The summed E-state index contributed by atoms with van der Waals surface area (Å²) in [4.78, 5) is 16.1. The zero-order valence-corrected chi connectivity index (χ0v) is 14.1. The van der Waals surface area contributed by atoms with Crippen LogP contribution in [0.25, 0.3) is 0 Å². The summed E-state index contributed by atoms with van der Waals surface area (Å²) in [6.45, 7) is 2.35. The second kappa shape index (κ2) is 7.12.